The van der Waals surface area contributed by atoms with Crippen LogP contribution in [0.5, 0.6) is 0 Å². The molecule has 0 amide bonds. The van der Waals surface area contributed by atoms with Gasteiger partial charge in [0.1, 0.15) is 0 Å². The number of hydrogen-bond acceptors (Lipinski definition) is 1. The zero-order valence-electron chi connectivity index (χ0n) is 11.9. The third-order valence-corrected chi connectivity index (χ3v) is 3.00. The first kappa shape index (κ1) is 14.3. The summed E-state index contributed by atoms with van der Waals surface area (Å²) in [5.74, 6) is 1.51. The maximum Gasteiger partial charge on any atom is 0.0245 e. The van der Waals surface area contributed by atoms with Gasteiger partial charge in [-0.1, -0.05) is 34.1 Å². The van der Waals surface area contributed by atoms with Gasteiger partial charge in [-0.2, -0.15) is 0 Å². The van der Waals surface area contributed by atoms with Crippen LogP contribution in [0, 0.1) is 11.8 Å². The zero-order chi connectivity index (χ0) is 12.7. The number of aromatic nitrogens is 1. The normalized spacial score (nSPS) is 13.2. The minimum absolute atomic E-state index is 0.724. The molecule has 1 heterocycles. The molecule has 0 aromatic carbocycles. The summed E-state index contributed by atoms with van der Waals surface area (Å²) < 4.78 is 2.33. The highest BCUT2D eigenvalue weighted by Gasteiger charge is 2.03. The number of nitrogens with one attached hydrogen (secondary N) is 1. The van der Waals surface area contributed by atoms with E-state index >= 15 is 0 Å². The first-order chi connectivity index (χ1) is 8.11. The van der Waals surface area contributed by atoms with Gasteiger partial charge in [0.05, 0.1) is 0 Å². The number of nitrogens with zero attached hydrogens (tertiary/aromatic N) is 1. The molecule has 1 aromatic heterocycles. The van der Waals surface area contributed by atoms with Crippen LogP contribution in [0.25, 0.3) is 0 Å². The van der Waals surface area contributed by atoms with Crippen LogP contribution in [0.4, 0.5) is 0 Å². The second-order valence-corrected chi connectivity index (χ2v) is 5.64. The maximum absolute atomic E-state index is 3.48. The van der Waals surface area contributed by atoms with Crippen molar-refractivity contribution in [2.45, 2.75) is 53.6 Å². The molecule has 2 nitrogen and oxygen atoms in total. The van der Waals surface area contributed by atoms with E-state index in [1.54, 1.807) is 0 Å². The Morgan fingerprint density at radius 1 is 1.29 bits per heavy atom. The first-order valence-electron chi connectivity index (χ1n) is 6.97. The molecule has 17 heavy (non-hydrogen) atoms. The molecule has 1 rings (SSSR count). The molecule has 0 radical (unpaired) electrons. The lowest BCUT2D eigenvalue weighted by molar-refractivity contribution is 0.446. The topological polar surface area (TPSA) is 17.0 Å². The van der Waals surface area contributed by atoms with Crippen LogP contribution >= 0.6 is 0 Å². The molecule has 1 unspecified atom stereocenters. The van der Waals surface area contributed by atoms with E-state index in [4.69, 9.17) is 0 Å². The van der Waals surface area contributed by atoms with Crippen LogP contribution in [-0.2, 0) is 13.1 Å². The lowest BCUT2D eigenvalue weighted by Gasteiger charge is -2.10. The van der Waals surface area contributed by atoms with E-state index in [2.05, 4.69) is 56.0 Å². The van der Waals surface area contributed by atoms with Crippen LogP contribution in [0.15, 0.2) is 18.5 Å². The van der Waals surface area contributed by atoms with Gasteiger partial charge in [-0.25, -0.2) is 0 Å². The summed E-state index contributed by atoms with van der Waals surface area (Å²) in [6.07, 6.45) is 7.09. The van der Waals surface area contributed by atoms with Gasteiger partial charge in [0.2, 0.25) is 0 Å². The van der Waals surface area contributed by atoms with Crippen molar-refractivity contribution in [1.82, 2.24) is 9.88 Å². The Bertz CT molecular complexity index is 302. The molecule has 0 aliphatic heterocycles. The van der Waals surface area contributed by atoms with E-state index in [1.807, 2.05) is 0 Å². The molecule has 1 N–H and O–H groups in total. The van der Waals surface area contributed by atoms with Crippen molar-refractivity contribution in [3.8, 4) is 0 Å². The predicted octanol–water partition coefficient (Wildman–Crippen LogP) is 3.67. The second kappa shape index (κ2) is 7.54. The van der Waals surface area contributed by atoms with Gasteiger partial charge < -0.3 is 9.88 Å². The fourth-order valence-electron chi connectivity index (χ4n) is 2.16. The molecule has 0 fully saturated rings. The van der Waals surface area contributed by atoms with E-state index in [0.717, 1.165) is 31.5 Å². The average molecular weight is 236 g/mol. The largest absolute Gasteiger partial charge is 0.354 e. The lowest BCUT2D eigenvalue weighted by Crippen LogP contribution is -2.18. The van der Waals surface area contributed by atoms with Gasteiger partial charge in [-0.15, -0.1) is 0 Å². The van der Waals surface area contributed by atoms with Crippen LogP contribution < -0.4 is 5.32 Å². The summed E-state index contributed by atoms with van der Waals surface area (Å²) in [7, 11) is 0. The third-order valence-electron chi connectivity index (χ3n) is 3.00. The Labute approximate surface area is 106 Å². The van der Waals surface area contributed by atoms with Crippen LogP contribution in [-0.4, -0.2) is 11.1 Å². The Hall–Kier alpha value is -0.760. The smallest absolute Gasteiger partial charge is 0.0245 e. The van der Waals surface area contributed by atoms with E-state index in [0.29, 0.717) is 0 Å². The SMILES string of the molecule is CCCC(C)Cn1ccc(CNCC(C)C)c1. The monoisotopic (exact) mass is 236 g/mol. The summed E-state index contributed by atoms with van der Waals surface area (Å²) >= 11 is 0. The molecule has 1 aromatic rings. The number of rotatable bonds is 8. The molecular weight excluding hydrogens is 208 g/mol. The molecule has 1 atom stereocenters. The molecule has 0 saturated carbocycles. The van der Waals surface area contributed by atoms with Crippen LogP contribution in [0.3, 0.4) is 0 Å². The Balaban J connectivity index is 2.32. The Morgan fingerprint density at radius 2 is 2.06 bits per heavy atom. The average Bonchev–Trinajstić information content (AvgIpc) is 2.65. The van der Waals surface area contributed by atoms with Gasteiger partial charge in [0.25, 0.3) is 0 Å². The van der Waals surface area contributed by atoms with Crippen molar-refractivity contribution < 1.29 is 0 Å². The van der Waals surface area contributed by atoms with E-state index in [1.165, 1.54) is 18.4 Å². The zero-order valence-corrected chi connectivity index (χ0v) is 11.9. The van der Waals surface area contributed by atoms with Gasteiger partial charge >= 0.3 is 0 Å². The highest BCUT2D eigenvalue weighted by Crippen LogP contribution is 2.10. The van der Waals surface area contributed by atoms with Crippen molar-refractivity contribution in [2.24, 2.45) is 11.8 Å². The Morgan fingerprint density at radius 3 is 2.71 bits per heavy atom. The summed E-state index contributed by atoms with van der Waals surface area (Å²) in [5, 5.41) is 3.48. The van der Waals surface area contributed by atoms with Crippen molar-refractivity contribution in [3.63, 3.8) is 0 Å². The standard InChI is InChI=1S/C15H28N2/c1-5-6-14(4)11-17-8-7-15(12-17)10-16-9-13(2)3/h7-8,12-14,16H,5-6,9-11H2,1-4H3. The summed E-state index contributed by atoms with van der Waals surface area (Å²) in [5.41, 5.74) is 1.40. The fourth-order valence-corrected chi connectivity index (χ4v) is 2.16. The minimum Gasteiger partial charge on any atom is -0.354 e. The van der Waals surface area contributed by atoms with Gasteiger partial charge in [-0.05, 0) is 36.4 Å². The summed E-state index contributed by atoms with van der Waals surface area (Å²) in [6.45, 7) is 12.3. The highest BCUT2D eigenvalue weighted by atomic mass is 14.9. The van der Waals surface area contributed by atoms with Crippen molar-refractivity contribution >= 4 is 0 Å². The Kier molecular flexibility index (Phi) is 6.35. The molecule has 0 saturated heterocycles. The molecule has 0 bridgehead atoms. The van der Waals surface area contributed by atoms with Crippen LogP contribution in [0.1, 0.15) is 46.1 Å². The molecule has 0 aliphatic rings. The van der Waals surface area contributed by atoms with Crippen molar-refractivity contribution in [2.75, 3.05) is 6.54 Å². The maximum atomic E-state index is 3.48. The molecular formula is C15H28N2. The third kappa shape index (κ3) is 5.92. The highest BCUT2D eigenvalue weighted by molar-refractivity contribution is 5.09. The summed E-state index contributed by atoms with van der Waals surface area (Å²) in [4.78, 5) is 0. The van der Waals surface area contributed by atoms with Crippen LogP contribution in [0.2, 0.25) is 0 Å². The second-order valence-electron chi connectivity index (χ2n) is 5.64. The van der Waals surface area contributed by atoms with Gasteiger partial charge in [-0.3, -0.25) is 0 Å². The lowest BCUT2D eigenvalue weighted by atomic mass is 10.1. The first-order valence-corrected chi connectivity index (χ1v) is 6.97. The fraction of sp³-hybridized carbons (Fsp3) is 0.733. The molecule has 2 heteroatoms. The molecule has 98 valence electrons. The van der Waals surface area contributed by atoms with E-state index in [9.17, 15) is 0 Å². The van der Waals surface area contributed by atoms with E-state index in [-0.39, 0.29) is 0 Å². The molecule has 0 spiro atoms. The minimum atomic E-state index is 0.724. The van der Waals surface area contributed by atoms with Crippen molar-refractivity contribution in [3.05, 3.63) is 24.0 Å². The number of hydrogen-bond donors (Lipinski definition) is 1. The summed E-state index contributed by atoms with van der Waals surface area (Å²) in [6, 6.07) is 2.23. The van der Waals surface area contributed by atoms with Crippen molar-refractivity contribution in [1.29, 1.82) is 0 Å². The predicted molar refractivity (Wildman–Crippen MR) is 75.0 cm³/mol. The van der Waals surface area contributed by atoms with E-state index < -0.39 is 0 Å². The molecule has 0 aliphatic carbocycles. The van der Waals surface area contributed by atoms with Gasteiger partial charge in [0, 0.05) is 25.5 Å². The van der Waals surface area contributed by atoms with Gasteiger partial charge in [0.15, 0.2) is 0 Å². The quantitative estimate of drug-likeness (QED) is 0.728.